The van der Waals surface area contributed by atoms with Crippen molar-refractivity contribution in [2.24, 2.45) is 21.5 Å². The van der Waals surface area contributed by atoms with E-state index in [2.05, 4.69) is 9.98 Å². The van der Waals surface area contributed by atoms with Crippen molar-refractivity contribution in [3.05, 3.63) is 96.1 Å². The van der Waals surface area contributed by atoms with E-state index in [0.717, 1.165) is 22.5 Å². The first kappa shape index (κ1) is 15.5. The van der Waals surface area contributed by atoms with Crippen LogP contribution in [0.15, 0.2) is 94.9 Å². The lowest BCUT2D eigenvalue weighted by molar-refractivity contribution is 1.42. The summed E-state index contributed by atoms with van der Waals surface area (Å²) in [6.07, 6.45) is 0. The SMILES string of the molecule is NC(=Nc1ccc(N=C(N)c2ccccc2)cc1)c1ccccc1. The number of nitrogens with two attached hydrogens (primary N) is 2. The second-order valence-electron chi connectivity index (χ2n) is 5.24. The Morgan fingerprint density at radius 3 is 1.17 bits per heavy atom. The highest BCUT2D eigenvalue weighted by Crippen LogP contribution is 2.19. The summed E-state index contributed by atoms with van der Waals surface area (Å²) in [6, 6.07) is 26.8. The number of rotatable bonds is 4. The van der Waals surface area contributed by atoms with Crippen molar-refractivity contribution in [3.63, 3.8) is 0 Å². The molecule has 0 atom stereocenters. The number of aliphatic imine (C=N–C) groups is 2. The van der Waals surface area contributed by atoms with Crippen LogP contribution in [0.2, 0.25) is 0 Å². The van der Waals surface area contributed by atoms with Gasteiger partial charge in [-0.05, 0) is 24.3 Å². The van der Waals surface area contributed by atoms with Crippen LogP contribution in [0.3, 0.4) is 0 Å². The molecular weight excluding hydrogens is 296 g/mol. The Kier molecular flexibility index (Phi) is 4.68. The zero-order valence-corrected chi connectivity index (χ0v) is 13.1. The molecule has 3 aromatic rings. The van der Waals surface area contributed by atoms with Crippen LogP contribution < -0.4 is 11.5 Å². The van der Waals surface area contributed by atoms with E-state index in [4.69, 9.17) is 11.5 Å². The Labute approximate surface area is 141 Å². The molecule has 0 heterocycles. The van der Waals surface area contributed by atoms with Crippen molar-refractivity contribution in [2.45, 2.75) is 0 Å². The lowest BCUT2D eigenvalue weighted by Crippen LogP contribution is -2.12. The van der Waals surface area contributed by atoms with Gasteiger partial charge >= 0.3 is 0 Å². The van der Waals surface area contributed by atoms with E-state index in [1.165, 1.54) is 0 Å². The summed E-state index contributed by atoms with van der Waals surface area (Å²) in [5.41, 5.74) is 15.4. The van der Waals surface area contributed by atoms with Crippen LogP contribution in [0.4, 0.5) is 11.4 Å². The maximum Gasteiger partial charge on any atom is 0.131 e. The van der Waals surface area contributed by atoms with Crippen LogP contribution in [0.5, 0.6) is 0 Å². The summed E-state index contributed by atoms with van der Waals surface area (Å²) < 4.78 is 0. The van der Waals surface area contributed by atoms with Gasteiger partial charge in [0.15, 0.2) is 0 Å². The molecule has 0 saturated heterocycles. The zero-order valence-electron chi connectivity index (χ0n) is 13.1. The fourth-order valence-corrected chi connectivity index (χ4v) is 2.23. The molecule has 118 valence electrons. The lowest BCUT2D eigenvalue weighted by Gasteiger charge is -2.03. The Balaban J connectivity index is 1.79. The zero-order chi connectivity index (χ0) is 16.8. The van der Waals surface area contributed by atoms with E-state index in [9.17, 15) is 0 Å². The monoisotopic (exact) mass is 314 g/mol. The number of hydrogen-bond donors (Lipinski definition) is 2. The highest BCUT2D eigenvalue weighted by Gasteiger charge is 2.00. The number of amidine groups is 2. The van der Waals surface area contributed by atoms with Gasteiger partial charge in [0.2, 0.25) is 0 Å². The average molecular weight is 314 g/mol. The third-order valence-corrected chi connectivity index (χ3v) is 3.49. The van der Waals surface area contributed by atoms with Gasteiger partial charge in [0.1, 0.15) is 11.7 Å². The second kappa shape index (κ2) is 7.24. The van der Waals surface area contributed by atoms with Gasteiger partial charge in [-0.2, -0.15) is 0 Å². The largest absolute Gasteiger partial charge is 0.383 e. The summed E-state index contributed by atoms with van der Waals surface area (Å²) in [4.78, 5) is 8.84. The standard InChI is InChI=1S/C20H18N4/c21-19(15-7-3-1-4-8-15)23-17-11-13-18(14-12-17)24-20(22)16-9-5-2-6-10-16/h1-14H,(H2,21,23)(H2,22,24). The lowest BCUT2D eigenvalue weighted by atomic mass is 10.2. The molecule has 4 heteroatoms. The molecule has 4 nitrogen and oxygen atoms in total. The molecule has 4 N–H and O–H groups in total. The molecule has 0 unspecified atom stereocenters. The Bertz CT molecular complexity index is 777. The van der Waals surface area contributed by atoms with Crippen LogP contribution >= 0.6 is 0 Å². The summed E-state index contributed by atoms with van der Waals surface area (Å²) >= 11 is 0. The predicted molar refractivity (Wildman–Crippen MR) is 100 cm³/mol. The molecule has 0 bridgehead atoms. The average Bonchev–Trinajstić information content (AvgIpc) is 2.65. The van der Waals surface area contributed by atoms with E-state index in [0.29, 0.717) is 11.7 Å². The van der Waals surface area contributed by atoms with Gasteiger partial charge in [0.05, 0.1) is 11.4 Å². The van der Waals surface area contributed by atoms with Crippen LogP contribution in [0.25, 0.3) is 0 Å². The molecule has 0 aliphatic rings. The quantitative estimate of drug-likeness (QED) is 0.568. The maximum absolute atomic E-state index is 6.02. The van der Waals surface area contributed by atoms with Gasteiger partial charge in [-0.1, -0.05) is 60.7 Å². The van der Waals surface area contributed by atoms with Crippen LogP contribution in [-0.4, -0.2) is 11.7 Å². The van der Waals surface area contributed by atoms with E-state index >= 15 is 0 Å². The van der Waals surface area contributed by atoms with Gasteiger partial charge < -0.3 is 11.5 Å². The fraction of sp³-hybridized carbons (Fsp3) is 0. The molecule has 0 amide bonds. The van der Waals surface area contributed by atoms with Gasteiger partial charge in [-0.15, -0.1) is 0 Å². The van der Waals surface area contributed by atoms with Crippen molar-refractivity contribution in [1.29, 1.82) is 0 Å². The van der Waals surface area contributed by atoms with Crippen LogP contribution in [0.1, 0.15) is 11.1 Å². The van der Waals surface area contributed by atoms with E-state index in [1.807, 2.05) is 84.9 Å². The summed E-state index contributed by atoms with van der Waals surface area (Å²) in [5.74, 6) is 0.964. The third kappa shape index (κ3) is 3.87. The van der Waals surface area contributed by atoms with E-state index in [1.54, 1.807) is 0 Å². The first-order valence-electron chi connectivity index (χ1n) is 7.61. The van der Waals surface area contributed by atoms with Gasteiger partial charge in [0, 0.05) is 11.1 Å². The number of nitrogens with zero attached hydrogens (tertiary/aromatic N) is 2. The van der Waals surface area contributed by atoms with Crippen LogP contribution in [-0.2, 0) is 0 Å². The smallest absolute Gasteiger partial charge is 0.131 e. The fourth-order valence-electron chi connectivity index (χ4n) is 2.23. The molecule has 0 aliphatic heterocycles. The Morgan fingerprint density at radius 1 is 0.500 bits per heavy atom. The van der Waals surface area contributed by atoms with Crippen molar-refractivity contribution in [2.75, 3.05) is 0 Å². The molecule has 3 aromatic carbocycles. The predicted octanol–water partition coefficient (Wildman–Crippen LogP) is 3.76. The highest BCUT2D eigenvalue weighted by atomic mass is 14.9. The molecule has 3 rings (SSSR count). The normalized spacial score (nSPS) is 12.2. The molecule has 0 saturated carbocycles. The van der Waals surface area contributed by atoms with Gasteiger partial charge in [0.25, 0.3) is 0 Å². The van der Waals surface area contributed by atoms with Crippen molar-refractivity contribution in [1.82, 2.24) is 0 Å². The molecule has 0 spiro atoms. The van der Waals surface area contributed by atoms with Crippen molar-refractivity contribution < 1.29 is 0 Å². The minimum atomic E-state index is 0.482. The molecule has 0 aromatic heterocycles. The summed E-state index contributed by atoms with van der Waals surface area (Å²) in [6.45, 7) is 0. The van der Waals surface area contributed by atoms with Gasteiger partial charge in [-0.3, -0.25) is 0 Å². The van der Waals surface area contributed by atoms with Crippen molar-refractivity contribution >= 4 is 23.0 Å². The first-order valence-corrected chi connectivity index (χ1v) is 7.61. The molecular formula is C20H18N4. The third-order valence-electron chi connectivity index (χ3n) is 3.49. The topological polar surface area (TPSA) is 76.8 Å². The number of benzene rings is 3. The van der Waals surface area contributed by atoms with E-state index < -0.39 is 0 Å². The second-order valence-corrected chi connectivity index (χ2v) is 5.24. The minimum Gasteiger partial charge on any atom is -0.383 e. The summed E-state index contributed by atoms with van der Waals surface area (Å²) in [7, 11) is 0. The highest BCUT2D eigenvalue weighted by molar-refractivity contribution is 5.99. The molecule has 24 heavy (non-hydrogen) atoms. The van der Waals surface area contributed by atoms with Gasteiger partial charge in [-0.25, -0.2) is 9.98 Å². The van der Waals surface area contributed by atoms with Crippen molar-refractivity contribution in [3.8, 4) is 0 Å². The molecule has 0 fully saturated rings. The molecule has 0 radical (unpaired) electrons. The minimum absolute atomic E-state index is 0.482. The number of hydrogen-bond acceptors (Lipinski definition) is 2. The molecule has 0 aliphatic carbocycles. The Hall–Kier alpha value is -3.40. The Morgan fingerprint density at radius 2 is 0.833 bits per heavy atom. The first-order chi connectivity index (χ1) is 11.7. The summed E-state index contributed by atoms with van der Waals surface area (Å²) in [5, 5.41) is 0. The maximum atomic E-state index is 6.02. The van der Waals surface area contributed by atoms with Crippen LogP contribution in [0, 0.1) is 0 Å². The van der Waals surface area contributed by atoms with E-state index in [-0.39, 0.29) is 0 Å².